The summed E-state index contributed by atoms with van der Waals surface area (Å²) < 4.78 is 5.16. The molecule has 3 rings (SSSR count). The van der Waals surface area contributed by atoms with E-state index in [2.05, 4.69) is 12.0 Å². The number of hydrogen-bond acceptors (Lipinski definition) is 4. The van der Waals surface area contributed by atoms with Crippen LogP contribution in [0.15, 0.2) is 53.6 Å². The molecule has 2 aromatic carbocycles. The van der Waals surface area contributed by atoms with Gasteiger partial charge in [-0.15, -0.1) is 12.4 Å². The zero-order valence-electron chi connectivity index (χ0n) is 15.0. The molecule has 2 N–H and O–H groups in total. The molecule has 0 fully saturated rings. The third-order valence-electron chi connectivity index (χ3n) is 4.44. The van der Waals surface area contributed by atoms with E-state index in [-0.39, 0.29) is 24.1 Å². The molecule has 0 saturated heterocycles. The molecule has 6 heteroatoms. The number of aryl methyl sites for hydroxylation is 1. The fourth-order valence-electron chi connectivity index (χ4n) is 2.98. The Labute approximate surface area is 160 Å². The molecule has 1 heterocycles. The van der Waals surface area contributed by atoms with E-state index < -0.39 is 0 Å². The van der Waals surface area contributed by atoms with E-state index in [0.29, 0.717) is 18.8 Å². The number of methoxy groups -OCH3 is 1. The molecule has 0 aromatic heterocycles. The summed E-state index contributed by atoms with van der Waals surface area (Å²) in [6, 6.07) is 15.1. The Morgan fingerprint density at radius 1 is 1.23 bits per heavy atom. The van der Waals surface area contributed by atoms with Crippen molar-refractivity contribution < 1.29 is 9.84 Å². The second-order valence-electron chi connectivity index (χ2n) is 6.28. The van der Waals surface area contributed by atoms with Gasteiger partial charge in [-0.25, -0.2) is 0 Å². The van der Waals surface area contributed by atoms with Gasteiger partial charge >= 0.3 is 0 Å². The lowest BCUT2D eigenvalue weighted by Gasteiger charge is -2.15. The molecule has 1 atom stereocenters. The quantitative estimate of drug-likeness (QED) is 0.612. The van der Waals surface area contributed by atoms with Crippen LogP contribution in [0, 0.1) is 11.3 Å². The van der Waals surface area contributed by atoms with E-state index in [9.17, 15) is 5.11 Å². The predicted octanol–water partition coefficient (Wildman–Crippen LogP) is 4.09. The van der Waals surface area contributed by atoms with Crippen molar-refractivity contribution in [3.8, 4) is 11.5 Å². The average Bonchev–Trinajstić information content (AvgIpc) is 3.02. The molecule has 2 aromatic rings. The molecule has 26 heavy (non-hydrogen) atoms. The van der Waals surface area contributed by atoms with Crippen LogP contribution in [0.5, 0.6) is 11.5 Å². The van der Waals surface area contributed by atoms with E-state index in [1.807, 2.05) is 36.4 Å². The second kappa shape index (κ2) is 8.72. The van der Waals surface area contributed by atoms with Crippen molar-refractivity contribution in [2.75, 3.05) is 13.7 Å². The van der Waals surface area contributed by atoms with Gasteiger partial charge in [-0.05, 0) is 36.2 Å². The highest BCUT2D eigenvalue weighted by Gasteiger charge is 2.27. The number of aromatic hydroxyl groups is 1. The molecule has 0 saturated carbocycles. The number of hydrogen-bond donors (Lipinski definition) is 2. The van der Waals surface area contributed by atoms with Gasteiger partial charge in [0.05, 0.1) is 19.4 Å². The van der Waals surface area contributed by atoms with Gasteiger partial charge in [-0.2, -0.15) is 5.10 Å². The smallest absolute Gasteiger partial charge is 0.124 e. The maximum Gasteiger partial charge on any atom is 0.124 e. The van der Waals surface area contributed by atoms with Crippen LogP contribution < -0.4 is 4.74 Å². The molecule has 138 valence electrons. The molecule has 5 nitrogen and oxygen atoms in total. The SMILES string of the molecule is COc1ccc(CCC(=N)N2CC(C)C(c3ccccc3O)=N2)cc1.Cl. The van der Waals surface area contributed by atoms with Gasteiger partial charge in [0.15, 0.2) is 0 Å². The molecule has 0 spiro atoms. The standard InChI is InChI=1S/C20H23N3O2.ClH/c1-14-13-23(22-20(14)17-5-3-4-6-18(17)24)19(21)12-9-15-7-10-16(25-2)11-8-15;/h3-8,10-11,14,21,24H,9,12-13H2,1-2H3;1H. The molecular formula is C20H24ClN3O2. The van der Waals surface area contributed by atoms with Crippen LogP contribution in [0.2, 0.25) is 0 Å². The Kier molecular flexibility index (Phi) is 6.64. The monoisotopic (exact) mass is 373 g/mol. The number of amidine groups is 1. The lowest BCUT2D eigenvalue weighted by Crippen LogP contribution is -2.25. The highest BCUT2D eigenvalue weighted by atomic mass is 35.5. The summed E-state index contributed by atoms with van der Waals surface area (Å²) in [7, 11) is 1.65. The summed E-state index contributed by atoms with van der Waals surface area (Å²) >= 11 is 0. The first-order valence-electron chi connectivity index (χ1n) is 8.43. The molecule has 1 aliphatic heterocycles. The van der Waals surface area contributed by atoms with Crippen molar-refractivity contribution >= 4 is 24.0 Å². The van der Waals surface area contributed by atoms with Crippen molar-refractivity contribution in [2.45, 2.75) is 19.8 Å². The molecule has 0 bridgehead atoms. The highest BCUT2D eigenvalue weighted by Crippen LogP contribution is 2.26. The number of phenols is 1. The van der Waals surface area contributed by atoms with Gasteiger partial charge in [-0.1, -0.05) is 31.2 Å². The van der Waals surface area contributed by atoms with Crippen LogP contribution >= 0.6 is 12.4 Å². The molecule has 0 radical (unpaired) electrons. The van der Waals surface area contributed by atoms with Gasteiger partial charge in [0, 0.05) is 17.9 Å². The van der Waals surface area contributed by atoms with Gasteiger partial charge in [0.25, 0.3) is 0 Å². The van der Waals surface area contributed by atoms with Crippen molar-refractivity contribution in [1.82, 2.24) is 5.01 Å². The third kappa shape index (κ3) is 4.35. The zero-order valence-corrected chi connectivity index (χ0v) is 15.8. The minimum Gasteiger partial charge on any atom is -0.507 e. The average molecular weight is 374 g/mol. The number of nitrogens with one attached hydrogen (secondary N) is 1. The Bertz CT molecular complexity index is 790. The molecular weight excluding hydrogens is 350 g/mol. The fourth-order valence-corrected chi connectivity index (χ4v) is 2.98. The Hall–Kier alpha value is -2.53. The van der Waals surface area contributed by atoms with Crippen molar-refractivity contribution in [2.24, 2.45) is 11.0 Å². The minimum absolute atomic E-state index is 0. The number of phenolic OH excluding ortho intramolecular Hbond substituents is 1. The normalized spacial score (nSPS) is 16.0. The van der Waals surface area contributed by atoms with E-state index in [0.717, 1.165) is 23.4 Å². The zero-order chi connectivity index (χ0) is 17.8. The van der Waals surface area contributed by atoms with Crippen LogP contribution in [0.25, 0.3) is 0 Å². The lowest BCUT2D eigenvalue weighted by molar-refractivity contribution is 0.414. The van der Waals surface area contributed by atoms with E-state index in [4.69, 9.17) is 10.1 Å². The molecule has 1 unspecified atom stereocenters. The topological polar surface area (TPSA) is 68.9 Å². The first-order chi connectivity index (χ1) is 12.1. The van der Waals surface area contributed by atoms with Crippen molar-refractivity contribution in [3.63, 3.8) is 0 Å². The van der Waals surface area contributed by atoms with Crippen LogP contribution in [0.4, 0.5) is 0 Å². The second-order valence-corrected chi connectivity index (χ2v) is 6.28. The molecule has 0 aliphatic carbocycles. The fraction of sp³-hybridized carbons (Fsp3) is 0.300. The van der Waals surface area contributed by atoms with Crippen molar-refractivity contribution in [3.05, 3.63) is 59.7 Å². The largest absolute Gasteiger partial charge is 0.507 e. The van der Waals surface area contributed by atoms with Crippen LogP contribution in [0.1, 0.15) is 24.5 Å². The summed E-state index contributed by atoms with van der Waals surface area (Å²) in [6.07, 6.45) is 1.41. The summed E-state index contributed by atoms with van der Waals surface area (Å²) in [6.45, 7) is 2.74. The number of benzene rings is 2. The first-order valence-corrected chi connectivity index (χ1v) is 8.43. The van der Waals surface area contributed by atoms with Gasteiger partial charge < -0.3 is 9.84 Å². The number of nitrogens with zero attached hydrogens (tertiary/aromatic N) is 2. The number of ether oxygens (including phenoxy) is 1. The summed E-state index contributed by atoms with van der Waals surface area (Å²) in [5, 5.41) is 24.7. The van der Waals surface area contributed by atoms with Crippen LogP contribution in [0.3, 0.4) is 0 Å². The minimum atomic E-state index is 0. The summed E-state index contributed by atoms with van der Waals surface area (Å²) in [5.41, 5.74) is 2.76. The van der Waals surface area contributed by atoms with Gasteiger partial charge in [0.1, 0.15) is 17.3 Å². The van der Waals surface area contributed by atoms with E-state index in [1.54, 1.807) is 24.3 Å². The summed E-state index contributed by atoms with van der Waals surface area (Å²) in [5.74, 6) is 1.74. The Morgan fingerprint density at radius 2 is 1.92 bits per heavy atom. The predicted molar refractivity (Wildman–Crippen MR) is 107 cm³/mol. The third-order valence-corrected chi connectivity index (χ3v) is 4.44. The maximum atomic E-state index is 10.0. The maximum absolute atomic E-state index is 10.0. The van der Waals surface area contributed by atoms with Crippen molar-refractivity contribution in [1.29, 1.82) is 5.41 Å². The number of halogens is 1. The van der Waals surface area contributed by atoms with Crippen LogP contribution in [-0.2, 0) is 6.42 Å². The number of rotatable bonds is 5. The number of para-hydroxylation sites is 1. The van der Waals surface area contributed by atoms with Gasteiger partial charge in [-0.3, -0.25) is 10.4 Å². The molecule has 0 amide bonds. The first kappa shape index (κ1) is 19.8. The van der Waals surface area contributed by atoms with Gasteiger partial charge in [0.2, 0.25) is 0 Å². The lowest BCUT2D eigenvalue weighted by atomic mass is 9.98. The number of hydrazone groups is 1. The van der Waals surface area contributed by atoms with E-state index >= 15 is 0 Å². The van der Waals surface area contributed by atoms with Crippen LogP contribution in [-0.4, -0.2) is 35.3 Å². The Morgan fingerprint density at radius 3 is 2.58 bits per heavy atom. The summed E-state index contributed by atoms with van der Waals surface area (Å²) in [4.78, 5) is 0. The highest BCUT2D eigenvalue weighted by molar-refractivity contribution is 6.06. The molecule has 1 aliphatic rings. The van der Waals surface area contributed by atoms with E-state index in [1.165, 1.54) is 5.56 Å². The Balaban J connectivity index is 0.00000243.